The Hall–Kier alpha value is -0.860. The van der Waals surface area contributed by atoms with Crippen LogP contribution in [0, 0.1) is 5.41 Å². The summed E-state index contributed by atoms with van der Waals surface area (Å²) >= 11 is 0. The number of piperazine rings is 1. The standard InChI is InChI=1S/C16H26N2/c1-13-11-18(12-16(2,3)4)15(10-17-13)14-8-6-5-7-9-14/h5-9,13,15,17H,10-12H2,1-4H3. The molecule has 0 radical (unpaired) electrons. The van der Waals surface area contributed by atoms with E-state index in [1.165, 1.54) is 5.56 Å². The fraction of sp³-hybridized carbons (Fsp3) is 0.625. The van der Waals surface area contributed by atoms with Crippen LogP contribution in [0.25, 0.3) is 0 Å². The molecule has 0 aromatic heterocycles. The zero-order chi connectivity index (χ0) is 13.2. The molecular formula is C16H26N2. The van der Waals surface area contributed by atoms with E-state index in [1.807, 2.05) is 0 Å². The molecule has 2 nitrogen and oxygen atoms in total. The van der Waals surface area contributed by atoms with Gasteiger partial charge in [-0.25, -0.2) is 0 Å². The van der Waals surface area contributed by atoms with E-state index in [0.717, 1.165) is 19.6 Å². The minimum absolute atomic E-state index is 0.351. The lowest BCUT2D eigenvalue weighted by Gasteiger charge is -2.42. The summed E-state index contributed by atoms with van der Waals surface area (Å²) in [6, 6.07) is 12.0. The fourth-order valence-electron chi connectivity index (χ4n) is 2.77. The second kappa shape index (κ2) is 5.41. The number of hydrogen-bond donors (Lipinski definition) is 1. The largest absolute Gasteiger partial charge is 0.311 e. The van der Waals surface area contributed by atoms with Crippen LogP contribution in [0.1, 0.15) is 39.3 Å². The summed E-state index contributed by atoms with van der Waals surface area (Å²) in [5.74, 6) is 0. The maximum absolute atomic E-state index is 3.60. The molecule has 2 heteroatoms. The molecule has 0 saturated carbocycles. The zero-order valence-corrected chi connectivity index (χ0v) is 12.1. The van der Waals surface area contributed by atoms with Crippen molar-refractivity contribution in [2.75, 3.05) is 19.6 Å². The zero-order valence-electron chi connectivity index (χ0n) is 12.1. The molecule has 0 spiro atoms. The number of hydrogen-bond acceptors (Lipinski definition) is 2. The quantitative estimate of drug-likeness (QED) is 0.863. The first-order chi connectivity index (χ1) is 8.46. The van der Waals surface area contributed by atoms with Gasteiger partial charge >= 0.3 is 0 Å². The predicted molar refractivity (Wildman–Crippen MR) is 77.7 cm³/mol. The molecule has 2 rings (SSSR count). The Morgan fingerprint density at radius 3 is 2.50 bits per heavy atom. The third-order valence-corrected chi connectivity index (χ3v) is 3.47. The van der Waals surface area contributed by atoms with E-state index in [0.29, 0.717) is 17.5 Å². The molecular weight excluding hydrogens is 220 g/mol. The Balaban J connectivity index is 2.16. The normalized spacial score (nSPS) is 26.2. The number of nitrogens with one attached hydrogen (secondary N) is 1. The monoisotopic (exact) mass is 246 g/mol. The van der Waals surface area contributed by atoms with E-state index in [-0.39, 0.29) is 0 Å². The molecule has 1 saturated heterocycles. The van der Waals surface area contributed by atoms with E-state index in [4.69, 9.17) is 0 Å². The lowest BCUT2D eigenvalue weighted by molar-refractivity contribution is 0.0941. The number of benzene rings is 1. The molecule has 100 valence electrons. The lowest BCUT2D eigenvalue weighted by Crippen LogP contribution is -2.52. The molecule has 1 aromatic carbocycles. The Labute approximate surface area is 111 Å². The van der Waals surface area contributed by atoms with Crippen LogP contribution in [0.4, 0.5) is 0 Å². The Morgan fingerprint density at radius 1 is 1.22 bits per heavy atom. The summed E-state index contributed by atoms with van der Waals surface area (Å²) in [5, 5.41) is 3.60. The Morgan fingerprint density at radius 2 is 1.89 bits per heavy atom. The average molecular weight is 246 g/mol. The minimum atomic E-state index is 0.351. The van der Waals surface area contributed by atoms with Crippen molar-refractivity contribution in [3.05, 3.63) is 35.9 Å². The van der Waals surface area contributed by atoms with Gasteiger partial charge in [-0.1, -0.05) is 51.1 Å². The summed E-state index contributed by atoms with van der Waals surface area (Å²) in [6.07, 6.45) is 0. The van der Waals surface area contributed by atoms with Crippen molar-refractivity contribution in [1.29, 1.82) is 0 Å². The Kier molecular flexibility index (Phi) is 4.08. The van der Waals surface area contributed by atoms with Crippen LogP contribution in [-0.2, 0) is 0 Å². The van der Waals surface area contributed by atoms with Crippen LogP contribution in [0.5, 0.6) is 0 Å². The molecule has 1 fully saturated rings. The molecule has 0 aliphatic carbocycles. The molecule has 1 heterocycles. The fourth-order valence-corrected chi connectivity index (χ4v) is 2.77. The predicted octanol–water partition coefficient (Wildman–Crippen LogP) is 3.07. The third-order valence-electron chi connectivity index (χ3n) is 3.47. The SMILES string of the molecule is CC1CN(CC(C)(C)C)C(c2ccccc2)CN1. The summed E-state index contributed by atoms with van der Waals surface area (Å²) in [4.78, 5) is 2.64. The van der Waals surface area contributed by atoms with Gasteiger partial charge in [-0.05, 0) is 17.9 Å². The Bertz CT molecular complexity index is 366. The van der Waals surface area contributed by atoms with Crippen LogP contribution in [0.2, 0.25) is 0 Å². The van der Waals surface area contributed by atoms with Crippen molar-refractivity contribution < 1.29 is 0 Å². The second-order valence-corrected chi connectivity index (χ2v) is 6.73. The molecule has 1 aliphatic rings. The van der Waals surface area contributed by atoms with Gasteiger partial charge in [-0.2, -0.15) is 0 Å². The van der Waals surface area contributed by atoms with Gasteiger partial charge < -0.3 is 5.32 Å². The summed E-state index contributed by atoms with van der Waals surface area (Å²) in [5.41, 5.74) is 1.78. The molecule has 2 atom stereocenters. The maximum atomic E-state index is 3.60. The van der Waals surface area contributed by atoms with Gasteiger partial charge in [0.1, 0.15) is 0 Å². The molecule has 1 aromatic rings. The van der Waals surface area contributed by atoms with Crippen LogP contribution in [-0.4, -0.2) is 30.6 Å². The minimum Gasteiger partial charge on any atom is -0.311 e. The number of rotatable bonds is 2. The van der Waals surface area contributed by atoms with Crippen molar-refractivity contribution in [3.63, 3.8) is 0 Å². The third kappa shape index (κ3) is 3.56. The highest BCUT2D eigenvalue weighted by Gasteiger charge is 2.29. The molecule has 0 bridgehead atoms. The highest BCUT2D eigenvalue weighted by Crippen LogP contribution is 2.27. The van der Waals surface area contributed by atoms with Crippen molar-refractivity contribution in [2.45, 2.75) is 39.8 Å². The average Bonchev–Trinajstić information content (AvgIpc) is 2.28. The van der Waals surface area contributed by atoms with E-state index >= 15 is 0 Å². The first-order valence-electron chi connectivity index (χ1n) is 6.98. The lowest BCUT2D eigenvalue weighted by atomic mass is 9.92. The highest BCUT2D eigenvalue weighted by molar-refractivity contribution is 5.20. The molecule has 2 unspecified atom stereocenters. The van der Waals surface area contributed by atoms with Crippen molar-refractivity contribution in [1.82, 2.24) is 10.2 Å². The van der Waals surface area contributed by atoms with Crippen molar-refractivity contribution >= 4 is 0 Å². The van der Waals surface area contributed by atoms with Gasteiger partial charge in [0.25, 0.3) is 0 Å². The summed E-state index contributed by atoms with van der Waals surface area (Å²) in [6.45, 7) is 12.6. The van der Waals surface area contributed by atoms with Gasteiger partial charge in [0.15, 0.2) is 0 Å². The highest BCUT2D eigenvalue weighted by atomic mass is 15.2. The maximum Gasteiger partial charge on any atom is 0.0473 e. The van der Waals surface area contributed by atoms with E-state index in [9.17, 15) is 0 Å². The first-order valence-corrected chi connectivity index (χ1v) is 6.98. The van der Waals surface area contributed by atoms with Crippen LogP contribution < -0.4 is 5.32 Å². The first kappa shape index (κ1) is 13.6. The van der Waals surface area contributed by atoms with Crippen LogP contribution >= 0.6 is 0 Å². The van der Waals surface area contributed by atoms with E-state index < -0.39 is 0 Å². The summed E-state index contributed by atoms with van der Waals surface area (Å²) < 4.78 is 0. The van der Waals surface area contributed by atoms with E-state index in [2.05, 4.69) is 68.2 Å². The van der Waals surface area contributed by atoms with Crippen LogP contribution in [0.3, 0.4) is 0 Å². The van der Waals surface area contributed by atoms with Gasteiger partial charge in [0, 0.05) is 31.7 Å². The molecule has 1 aliphatic heterocycles. The second-order valence-electron chi connectivity index (χ2n) is 6.73. The smallest absolute Gasteiger partial charge is 0.0473 e. The topological polar surface area (TPSA) is 15.3 Å². The summed E-state index contributed by atoms with van der Waals surface area (Å²) in [7, 11) is 0. The van der Waals surface area contributed by atoms with E-state index in [1.54, 1.807) is 0 Å². The number of nitrogens with zero attached hydrogens (tertiary/aromatic N) is 1. The molecule has 18 heavy (non-hydrogen) atoms. The van der Waals surface area contributed by atoms with Gasteiger partial charge in [0.05, 0.1) is 0 Å². The van der Waals surface area contributed by atoms with Crippen molar-refractivity contribution in [3.8, 4) is 0 Å². The molecule has 1 N–H and O–H groups in total. The van der Waals surface area contributed by atoms with Gasteiger partial charge in [-0.15, -0.1) is 0 Å². The van der Waals surface area contributed by atoms with Gasteiger partial charge in [0.2, 0.25) is 0 Å². The molecule has 0 amide bonds. The van der Waals surface area contributed by atoms with Crippen molar-refractivity contribution in [2.24, 2.45) is 5.41 Å². The van der Waals surface area contributed by atoms with Crippen LogP contribution in [0.15, 0.2) is 30.3 Å². The van der Waals surface area contributed by atoms with Gasteiger partial charge in [-0.3, -0.25) is 4.90 Å².